The maximum Gasteiger partial charge on any atom is 0.255 e. The lowest BCUT2D eigenvalue weighted by molar-refractivity contribution is -0.136. The summed E-state index contributed by atoms with van der Waals surface area (Å²) in [4.78, 5) is 29.7. The molecular weight excluding hydrogens is 347 g/mol. The van der Waals surface area contributed by atoms with Crippen LogP contribution in [0.4, 0.5) is 4.39 Å². The quantitative estimate of drug-likeness (QED) is 0.837. The van der Waals surface area contributed by atoms with Crippen molar-refractivity contribution in [1.82, 2.24) is 9.80 Å². The summed E-state index contributed by atoms with van der Waals surface area (Å²) in [5.41, 5.74) is 0.684. The molecule has 2 aromatic rings. The minimum atomic E-state index is -1.08. The summed E-state index contributed by atoms with van der Waals surface area (Å²) >= 11 is 0. The SMILES string of the molecule is COc1ccc(CN2C(=O)c3cc(F)ccc3[C@]23C[C@@H](C)N(C)C3=O)cc1. The van der Waals surface area contributed by atoms with Crippen molar-refractivity contribution in [2.24, 2.45) is 0 Å². The molecule has 0 saturated carbocycles. The average molecular weight is 368 g/mol. The van der Waals surface area contributed by atoms with Gasteiger partial charge in [-0.2, -0.15) is 0 Å². The number of fused-ring (bicyclic) bond motifs is 2. The van der Waals surface area contributed by atoms with Crippen LogP contribution in [0.25, 0.3) is 0 Å². The molecule has 2 aliphatic rings. The largest absolute Gasteiger partial charge is 0.497 e. The molecule has 6 heteroatoms. The molecule has 1 spiro atoms. The van der Waals surface area contributed by atoms with Gasteiger partial charge < -0.3 is 14.5 Å². The Kier molecular flexibility index (Phi) is 3.94. The van der Waals surface area contributed by atoms with Gasteiger partial charge in [-0.15, -0.1) is 0 Å². The molecule has 0 unspecified atom stereocenters. The smallest absolute Gasteiger partial charge is 0.255 e. The van der Waals surface area contributed by atoms with Crippen LogP contribution in [0.15, 0.2) is 42.5 Å². The number of hydrogen-bond acceptors (Lipinski definition) is 3. The van der Waals surface area contributed by atoms with E-state index in [0.29, 0.717) is 12.0 Å². The molecular formula is C21H21FN2O3. The van der Waals surface area contributed by atoms with Gasteiger partial charge in [-0.3, -0.25) is 9.59 Å². The highest BCUT2D eigenvalue weighted by Crippen LogP contribution is 2.48. The van der Waals surface area contributed by atoms with Gasteiger partial charge in [-0.1, -0.05) is 18.2 Å². The molecule has 2 amide bonds. The molecule has 1 fully saturated rings. The molecule has 0 N–H and O–H groups in total. The van der Waals surface area contributed by atoms with E-state index in [1.54, 1.807) is 30.0 Å². The molecule has 0 bridgehead atoms. The lowest BCUT2D eigenvalue weighted by Crippen LogP contribution is -2.48. The van der Waals surface area contributed by atoms with Gasteiger partial charge in [0.1, 0.15) is 11.6 Å². The number of halogens is 1. The van der Waals surface area contributed by atoms with Gasteiger partial charge in [-0.05, 0) is 36.8 Å². The normalized spacial score (nSPS) is 24.1. The molecule has 0 aromatic heterocycles. The molecule has 27 heavy (non-hydrogen) atoms. The van der Waals surface area contributed by atoms with E-state index in [-0.39, 0.29) is 30.0 Å². The number of nitrogens with zero attached hydrogens (tertiary/aromatic N) is 2. The van der Waals surface area contributed by atoms with Gasteiger partial charge in [0.2, 0.25) is 0 Å². The second-order valence-electron chi connectivity index (χ2n) is 7.26. The highest BCUT2D eigenvalue weighted by molar-refractivity contribution is 6.07. The summed E-state index contributed by atoms with van der Waals surface area (Å²) in [5, 5.41) is 0. The number of methoxy groups -OCH3 is 1. The second kappa shape index (κ2) is 6.08. The maximum atomic E-state index is 13.8. The predicted octanol–water partition coefficient (Wildman–Crippen LogP) is 2.94. The van der Waals surface area contributed by atoms with Gasteiger partial charge in [0.25, 0.3) is 11.8 Å². The van der Waals surface area contributed by atoms with Gasteiger partial charge in [-0.25, -0.2) is 4.39 Å². The number of benzene rings is 2. The monoisotopic (exact) mass is 368 g/mol. The standard InChI is InChI=1S/C21H21FN2O3/c1-13-11-21(20(26)23(13)2)18-9-6-15(22)10-17(18)19(25)24(21)12-14-4-7-16(27-3)8-5-14/h4-10,13H,11-12H2,1-3H3/t13-,21+/m1/s1. The Hall–Kier alpha value is -2.89. The Bertz CT molecular complexity index is 928. The van der Waals surface area contributed by atoms with E-state index in [1.165, 1.54) is 12.1 Å². The number of likely N-dealkylation sites (tertiary alicyclic amines) is 1. The molecule has 2 aromatic carbocycles. The fraction of sp³-hybridized carbons (Fsp3) is 0.333. The molecule has 140 valence electrons. The van der Waals surface area contributed by atoms with E-state index in [0.717, 1.165) is 11.3 Å². The highest BCUT2D eigenvalue weighted by atomic mass is 19.1. The third-order valence-electron chi connectivity index (χ3n) is 5.79. The third kappa shape index (κ3) is 2.43. The molecule has 2 aliphatic heterocycles. The first-order chi connectivity index (χ1) is 12.9. The molecule has 5 nitrogen and oxygen atoms in total. The van der Waals surface area contributed by atoms with Crippen molar-refractivity contribution >= 4 is 11.8 Å². The van der Waals surface area contributed by atoms with E-state index in [1.807, 2.05) is 31.2 Å². The summed E-state index contributed by atoms with van der Waals surface area (Å²) < 4.78 is 19.0. The van der Waals surface area contributed by atoms with Gasteiger partial charge >= 0.3 is 0 Å². The lowest BCUT2D eigenvalue weighted by atomic mass is 9.86. The first-order valence-corrected chi connectivity index (χ1v) is 8.90. The predicted molar refractivity (Wildman–Crippen MR) is 97.8 cm³/mol. The van der Waals surface area contributed by atoms with Crippen LogP contribution in [-0.2, 0) is 16.9 Å². The van der Waals surface area contributed by atoms with Crippen molar-refractivity contribution in [3.8, 4) is 5.75 Å². The summed E-state index contributed by atoms with van der Waals surface area (Å²) in [6, 6.07) is 11.5. The second-order valence-corrected chi connectivity index (χ2v) is 7.26. The van der Waals surface area contributed by atoms with E-state index in [4.69, 9.17) is 4.74 Å². The Morgan fingerprint density at radius 2 is 1.89 bits per heavy atom. The highest BCUT2D eigenvalue weighted by Gasteiger charge is 2.60. The van der Waals surface area contributed by atoms with E-state index in [9.17, 15) is 14.0 Å². The molecule has 1 saturated heterocycles. The molecule has 0 aliphatic carbocycles. The number of carbonyl (C=O) groups excluding carboxylic acids is 2. The number of rotatable bonds is 3. The Morgan fingerprint density at radius 3 is 2.48 bits per heavy atom. The summed E-state index contributed by atoms with van der Waals surface area (Å²) in [6.45, 7) is 2.23. The molecule has 2 heterocycles. The van der Waals surface area contributed by atoms with Crippen molar-refractivity contribution in [2.45, 2.75) is 31.5 Å². The fourth-order valence-corrected chi connectivity index (χ4v) is 4.23. The van der Waals surface area contributed by atoms with Crippen molar-refractivity contribution < 1.29 is 18.7 Å². The fourth-order valence-electron chi connectivity index (χ4n) is 4.23. The zero-order valence-corrected chi connectivity index (χ0v) is 15.5. The number of hydrogen-bond donors (Lipinski definition) is 0. The summed E-state index contributed by atoms with van der Waals surface area (Å²) in [6.07, 6.45) is 0.489. The Balaban J connectivity index is 1.81. The third-order valence-corrected chi connectivity index (χ3v) is 5.79. The first kappa shape index (κ1) is 17.5. The Morgan fingerprint density at radius 1 is 1.19 bits per heavy atom. The Labute approximate surface area is 157 Å². The van der Waals surface area contributed by atoms with Gasteiger partial charge in [0, 0.05) is 37.2 Å². The van der Waals surface area contributed by atoms with Crippen molar-refractivity contribution in [3.05, 3.63) is 65.0 Å². The molecule has 4 rings (SSSR count). The molecule has 2 atom stereocenters. The van der Waals surface area contributed by atoms with Crippen molar-refractivity contribution in [1.29, 1.82) is 0 Å². The molecule has 0 radical (unpaired) electrons. The zero-order chi connectivity index (χ0) is 19.3. The van der Waals surface area contributed by atoms with Crippen molar-refractivity contribution in [2.75, 3.05) is 14.2 Å². The van der Waals surface area contributed by atoms with E-state index in [2.05, 4.69) is 0 Å². The van der Waals surface area contributed by atoms with E-state index >= 15 is 0 Å². The van der Waals surface area contributed by atoms with Gasteiger partial charge in [0.15, 0.2) is 5.54 Å². The zero-order valence-electron chi connectivity index (χ0n) is 15.5. The van der Waals surface area contributed by atoms with Crippen LogP contribution in [0.2, 0.25) is 0 Å². The van der Waals surface area contributed by atoms with Crippen LogP contribution in [0.3, 0.4) is 0 Å². The topological polar surface area (TPSA) is 49.9 Å². The minimum Gasteiger partial charge on any atom is -0.497 e. The van der Waals surface area contributed by atoms with Crippen LogP contribution in [0.5, 0.6) is 5.75 Å². The summed E-state index contributed by atoms with van der Waals surface area (Å²) in [5.74, 6) is -0.189. The number of likely N-dealkylation sites (N-methyl/N-ethyl adjacent to an activating group) is 1. The van der Waals surface area contributed by atoms with Crippen molar-refractivity contribution in [3.63, 3.8) is 0 Å². The average Bonchev–Trinajstić information content (AvgIpc) is 3.03. The number of amides is 2. The summed E-state index contributed by atoms with van der Waals surface area (Å²) in [7, 11) is 3.34. The lowest BCUT2D eigenvalue weighted by Gasteiger charge is -2.34. The number of carbonyl (C=O) groups is 2. The van der Waals surface area contributed by atoms with Crippen LogP contribution < -0.4 is 4.74 Å². The minimum absolute atomic E-state index is 0.0142. The van der Waals surface area contributed by atoms with Crippen LogP contribution in [-0.4, -0.2) is 41.8 Å². The number of ether oxygens (including phenoxy) is 1. The maximum absolute atomic E-state index is 13.8. The van der Waals surface area contributed by atoms with E-state index < -0.39 is 11.4 Å². The van der Waals surface area contributed by atoms with Gasteiger partial charge in [0.05, 0.1) is 7.11 Å². The van der Waals surface area contributed by atoms with Crippen LogP contribution in [0, 0.1) is 5.82 Å². The first-order valence-electron chi connectivity index (χ1n) is 8.90. The van der Waals surface area contributed by atoms with Crippen LogP contribution >= 0.6 is 0 Å². The van der Waals surface area contributed by atoms with Crippen LogP contribution in [0.1, 0.15) is 34.8 Å².